The summed E-state index contributed by atoms with van der Waals surface area (Å²) in [6, 6.07) is 0.261. The maximum Gasteiger partial charge on any atom is 0.0942 e. The summed E-state index contributed by atoms with van der Waals surface area (Å²) in [6.45, 7) is 0.432. The summed E-state index contributed by atoms with van der Waals surface area (Å²) >= 11 is 0. The fraction of sp³-hybridized carbons (Fsp3) is 1.00. The van der Waals surface area contributed by atoms with E-state index < -0.39 is 0 Å². The lowest BCUT2D eigenvalue weighted by molar-refractivity contribution is -0.393. The van der Waals surface area contributed by atoms with Crippen molar-refractivity contribution in [2.24, 2.45) is 0 Å². The molecule has 5 heteroatoms. The standard InChI is InChI=1S/C10H21NO4/c12-6-8-14-11(15-9-7-13)10-4-2-1-3-5-10/h10,12-13H,1-9H2. The van der Waals surface area contributed by atoms with E-state index in [-0.39, 0.29) is 32.5 Å². The van der Waals surface area contributed by atoms with E-state index in [9.17, 15) is 0 Å². The smallest absolute Gasteiger partial charge is 0.0942 e. The Balaban J connectivity index is 2.30. The lowest BCUT2D eigenvalue weighted by Gasteiger charge is -2.31. The van der Waals surface area contributed by atoms with Crippen LogP contribution < -0.4 is 0 Å². The van der Waals surface area contributed by atoms with E-state index >= 15 is 0 Å². The van der Waals surface area contributed by atoms with Crippen LogP contribution >= 0.6 is 0 Å². The fourth-order valence-electron chi connectivity index (χ4n) is 1.80. The van der Waals surface area contributed by atoms with Crippen molar-refractivity contribution in [2.45, 2.75) is 38.1 Å². The normalized spacial score (nSPS) is 18.6. The highest BCUT2D eigenvalue weighted by molar-refractivity contribution is 4.68. The lowest BCUT2D eigenvalue weighted by Crippen LogP contribution is -2.38. The largest absolute Gasteiger partial charge is 0.394 e. The fourth-order valence-corrected chi connectivity index (χ4v) is 1.80. The van der Waals surface area contributed by atoms with Gasteiger partial charge in [-0.3, -0.25) is 9.68 Å². The summed E-state index contributed by atoms with van der Waals surface area (Å²) < 4.78 is 0. The van der Waals surface area contributed by atoms with Crippen LogP contribution in [0, 0.1) is 0 Å². The van der Waals surface area contributed by atoms with Crippen LogP contribution in [0.1, 0.15) is 32.1 Å². The average molecular weight is 219 g/mol. The quantitative estimate of drug-likeness (QED) is 0.609. The Morgan fingerprint density at radius 3 is 1.93 bits per heavy atom. The molecular weight excluding hydrogens is 198 g/mol. The van der Waals surface area contributed by atoms with Crippen LogP contribution in [0.2, 0.25) is 0 Å². The van der Waals surface area contributed by atoms with Crippen molar-refractivity contribution in [3.63, 3.8) is 0 Å². The summed E-state index contributed by atoms with van der Waals surface area (Å²) in [5.41, 5.74) is 0. The third-order valence-electron chi connectivity index (χ3n) is 2.49. The van der Waals surface area contributed by atoms with Crippen molar-refractivity contribution >= 4 is 0 Å². The minimum atomic E-state index is -0.0221. The molecule has 2 N–H and O–H groups in total. The first kappa shape index (κ1) is 12.9. The first-order valence-electron chi connectivity index (χ1n) is 5.65. The Morgan fingerprint density at radius 2 is 1.47 bits per heavy atom. The van der Waals surface area contributed by atoms with E-state index in [0.29, 0.717) is 0 Å². The number of hydrogen-bond acceptors (Lipinski definition) is 5. The third kappa shape index (κ3) is 4.90. The zero-order chi connectivity index (χ0) is 10.9. The van der Waals surface area contributed by atoms with Crippen molar-refractivity contribution < 1.29 is 19.9 Å². The monoisotopic (exact) mass is 219 g/mol. The molecule has 1 rings (SSSR count). The van der Waals surface area contributed by atoms with Crippen LogP contribution in [0.5, 0.6) is 0 Å². The summed E-state index contributed by atoms with van der Waals surface area (Å²) in [4.78, 5) is 10.6. The lowest BCUT2D eigenvalue weighted by atomic mass is 9.96. The van der Waals surface area contributed by atoms with Gasteiger partial charge in [-0.1, -0.05) is 24.5 Å². The molecule has 0 unspecified atom stereocenters. The molecule has 0 bridgehead atoms. The number of hydroxylamine groups is 2. The van der Waals surface area contributed by atoms with E-state index in [0.717, 1.165) is 12.8 Å². The predicted octanol–water partition coefficient (Wildman–Crippen LogP) is 0.469. The minimum Gasteiger partial charge on any atom is -0.394 e. The van der Waals surface area contributed by atoms with Gasteiger partial charge in [-0.15, -0.1) is 0 Å². The number of rotatable bonds is 7. The predicted molar refractivity (Wildman–Crippen MR) is 54.8 cm³/mol. The molecule has 0 spiro atoms. The number of hydrogen-bond donors (Lipinski definition) is 2. The highest BCUT2D eigenvalue weighted by Crippen LogP contribution is 2.22. The molecule has 1 aliphatic rings. The van der Waals surface area contributed by atoms with E-state index in [2.05, 4.69) is 0 Å². The number of aliphatic hydroxyl groups excluding tert-OH is 2. The molecule has 0 saturated heterocycles. The molecule has 0 radical (unpaired) electrons. The number of aliphatic hydroxyl groups is 2. The van der Waals surface area contributed by atoms with Gasteiger partial charge in [0.2, 0.25) is 0 Å². The van der Waals surface area contributed by atoms with E-state index in [1.807, 2.05) is 0 Å². The molecule has 0 amide bonds. The Labute approximate surface area is 90.5 Å². The van der Waals surface area contributed by atoms with Gasteiger partial charge in [0.1, 0.15) is 0 Å². The average Bonchev–Trinajstić information content (AvgIpc) is 2.30. The summed E-state index contributed by atoms with van der Waals surface area (Å²) in [5, 5.41) is 18.8. The zero-order valence-corrected chi connectivity index (χ0v) is 9.10. The van der Waals surface area contributed by atoms with Gasteiger partial charge in [0.05, 0.1) is 32.5 Å². The molecule has 0 atom stereocenters. The van der Waals surface area contributed by atoms with Crippen LogP contribution in [0.3, 0.4) is 0 Å². The zero-order valence-electron chi connectivity index (χ0n) is 9.10. The molecule has 1 fully saturated rings. The maximum absolute atomic E-state index is 8.68. The van der Waals surface area contributed by atoms with Crippen molar-refractivity contribution in [1.29, 1.82) is 0 Å². The molecule has 0 aromatic heterocycles. The molecule has 5 nitrogen and oxygen atoms in total. The molecule has 15 heavy (non-hydrogen) atoms. The van der Waals surface area contributed by atoms with Gasteiger partial charge < -0.3 is 10.2 Å². The second-order valence-corrected chi connectivity index (χ2v) is 3.69. The first-order chi connectivity index (χ1) is 7.38. The molecule has 0 heterocycles. The van der Waals surface area contributed by atoms with Gasteiger partial charge in [0, 0.05) is 0 Å². The van der Waals surface area contributed by atoms with Crippen LogP contribution in [-0.4, -0.2) is 47.9 Å². The summed E-state index contributed by atoms with van der Waals surface area (Å²) in [6.07, 6.45) is 5.75. The molecule has 0 aromatic carbocycles. The van der Waals surface area contributed by atoms with Gasteiger partial charge in [0.15, 0.2) is 0 Å². The molecular formula is C10H21NO4. The van der Waals surface area contributed by atoms with Crippen molar-refractivity contribution in [3.05, 3.63) is 0 Å². The summed E-state index contributed by atoms with van der Waals surface area (Å²) in [5.74, 6) is 0. The Morgan fingerprint density at radius 1 is 0.933 bits per heavy atom. The first-order valence-corrected chi connectivity index (χ1v) is 5.65. The van der Waals surface area contributed by atoms with E-state index in [1.165, 1.54) is 24.5 Å². The maximum atomic E-state index is 8.68. The van der Waals surface area contributed by atoms with Gasteiger partial charge >= 0.3 is 0 Å². The van der Waals surface area contributed by atoms with Crippen molar-refractivity contribution in [3.8, 4) is 0 Å². The van der Waals surface area contributed by atoms with Gasteiger partial charge in [0.25, 0.3) is 0 Å². The van der Waals surface area contributed by atoms with Crippen molar-refractivity contribution in [1.82, 2.24) is 5.23 Å². The van der Waals surface area contributed by atoms with Crippen LogP contribution in [0.25, 0.3) is 0 Å². The van der Waals surface area contributed by atoms with Crippen LogP contribution in [-0.2, 0) is 9.68 Å². The highest BCUT2D eigenvalue weighted by Gasteiger charge is 2.22. The van der Waals surface area contributed by atoms with Gasteiger partial charge in [-0.05, 0) is 12.8 Å². The molecule has 1 saturated carbocycles. The Kier molecular flexibility index (Phi) is 6.87. The third-order valence-corrected chi connectivity index (χ3v) is 2.49. The van der Waals surface area contributed by atoms with E-state index in [1.54, 1.807) is 0 Å². The van der Waals surface area contributed by atoms with Gasteiger partial charge in [-0.25, -0.2) is 0 Å². The minimum absolute atomic E-state index is 0.0221. The van der Waals surface area contributed by atoms with Gasteiger partial charge in [-0.2, -0.15) is 0 Å². The molecule has 1 aliphatic carbocycles. The topological polar surface area (TPSA) is 62.2 Å². The summed E-state index contributed by atoms with van der Waals surface area (Å²) in [7, 11) is 0. The number of nitrogens with zero attached hydrogens (tertiary/aromatic N) is 1. The molecule has 90 valence electrons. The Bertz CT molecular complexity index is 142. The van der Waals surface area contributed by atoms with Crippen molar-refractivity contribution in [2.75, 3.05) is 26.4 Å². The van der Waals surface area contributed by atoms with E-state index in [4.69, 9.17) is 19.9 Å². The SMILES string of the molecule is OCCON(OCCO)C1CCCCC1. The van der Waals surface area contributed by atoms with Crippen LogP contribution in [0.15, 0.2) is 0 Å². The molecule has 0 aliphatic heterocycles. The second-order valence-electron chi connectivity index (χ2n) is 3.69. The Hall–Kier alpha value is -0.200. The van der Waals surface area contributed by atoms with Crippen LogP contribution in [0.4, 0.5) is 0 Å². The second kappa shape index (κ2) is 8.01. The molecule has 0 aromatic rings. The highest BCUT2D eigenvalue weighted by atomic mass is 17.0.